The molecule has 0 spiro atoms. The number of hydrogen-bond acceptors (Lipinski definition) is 6. The molecule has 0 saturated carbocycles. The molecule has 1 aromatic carbocycles. The molecule has 2 aliphatic heterocycles. The summed E-state index contributed by atoms with van der Waals surface area (Å²) in [6.07, 6.45) is 1.44. The third-order valence-electron chi connectivity index (χ3n) is 5.35. The first kappa shape index (κ1) is 20.9. The van der Waals surface area contributed by atoms with Crippen LogP contribution in [0.2, 0.25) is 0 Å². The highest BCUT2D eigenvalue weighted by molar-refractivity contribution is 7.89. The van der Waals surface area contributed by atoms with Gasteiger partial charge in [0.15, 0.2) is 5.78 Å². The second-order valence-electron chi connectivity index (χ2n) is 7.07. The van der Waals surface area contributed by atoms with E-state index >= 15 is 0 Å². The summed E-state index contributed by atoms with van der Waals surface area (Å²) in [6, 6.07) is 6.27. The summed E-state index contributed by atoms with van der Waals surface area (Å²) in [7, 11) is -3.60. The molecular weight excluding hydrogens is 402 g/mol. The first-order chi connectivity index (χ1) is 13.0. The summed E-state index contributed by atoms with van der Waals surface area (Å²) in [5.41, 5.74) is 0.412. The van der Waals surface area contributed by atoms with Crippen LogP contribution in [0.1, 0.15) is 47.7 Å². The van der Waals surface area contributed by atoms with Crippen molar-refractivity contribution in [1.82, 2.24) is 24.4 Å². The lowest BCUT2D eigenvalue weighted by molar-refractivity contribution is 0.101. The van der Waals surface area contributed by atoms with E-state index in [0.717, 1.165) is 44.1 Å². The molecule has 0 atom stereocenters. The van der Waals surface area contributed by atoms with Gasteiger partial charge in [-0.05, 0) is 31.9 Å². The zero-order chi connectivity index (χ0) is 19.0. The van der Waals surface area contributed by atoms with Gasteiger partial charge in [-0.1, -0.05) is 12.1 Å². The number of ketones is 1. The Morgan fingerprint density at radius 1 is 1.18 bits per heavy atom. The summed E-state index contributed by atoms with van der Waals surface area (Å²) in [5, 5.41) is 11.9. The van der Waals surface area contributed by atoms with Crippen molar-refractivity contribution in [1.29, 1.82) is 0 Å². The molecule has 0 aliphatic carbocycles. The summed E-state index contributed by atoms with van der Waals surface area (Å²) in [4.78, 5) is 11.7. The van der Waals surface area contributed by atoms with Crippen LogP contribution in [-0.2, 0) is 23.1 Å². The van der Waals surface area contributed by atoms with Gasteiger partial charge in [0, 0.05) is 37.7 Å². The van der Waals surface area contributed by atoms with Crippen LogP contribution in [-0.4, -0.2) is 52.9 Å². The van der Waals surface area contributed by atoms with Gasteiger partial charge in [0.05, 0.1) is 11.4 Å². The van der Waals surface area contributed by atoms with Gasteiger partial charge in [0.25, 0.3) is 0 Å². The monoisotopic (exact) mass is 425 g/mol. The predicted molar refractivity (Wildman–Crippen MR) is 106 cm³/mol. The van der Waals surface area contributed by atoms with Gasteiger partial charge in [-0.3, -0.25) is 4.79 Å². The fraction of sp³-hybridized carbons (Fsp3) is 0.500. The van der Waals surface area contributed by atoms with E-state index in [1.165, 1.54) is 17.3 Å². The summed E-state index contributed by atoms with van der Waals surface area (Å²) in [5.74, 6) is 2.01. The average molecular weight is 426 g/mol. The molecule has 3 heterocycles. The van der Waals surface area contributed by atoms with Crippen LogP contribution in [0.4, 0.5) is 0 Å². The maximum atomic E-state index is 13.0. The highest BCUT2D eigenvalue weighted by atomic mass is 35.5. The molecule has 4 rings (SSSR count). The van der Waals surface area contributed by atoms with Gasteiger partial charge >= 0.3 is 0 Å². The standard InChI is InChI=1S/C18H23N5O3S.ClH/c1-13(24)15-3-2-4-16(11-15)27(25,26)22-8-5-14(6-9-22)18-21-20-17-12-19-7-10-23(17)18;/h2-4,11,14,19H,5-10,12H2,1H3;1H. The van der Waals surface area contributed by atoms with Gasteiger partial charge in [0.2, 0.25) is 10.0 Å². The quantitative estimate of drug-likeness (QED) is 0.747. The van der Waals surface area contributed by atoms with Crippen LogP contribution >= 0.6 is 12.4 Å². The summed E-state index contributed by atoms with van der Waals surface area (Å²) < 4.78 is 29.6. The van der Waals surface area contributed by atoms with Crippen molar-refractivity contribution < 1.29 is 13.2 Å². The number of nitrogens with zero attached hydrogens (tertiary/aromatic N) is 4. The molecule has 28 heavy (non-hydrogen) atoms. The number of benzene rings is 1. The third kappa shape index (κ3) is 3.84. The smallest absolute Gasteiger partial charge is 0.243 e. The minimum Gasteiger partial charge on any atom is -0.312 e. The minimum absolute atomic E-state index is 0. The Morgan fingerprint density at radius 3 is 2.64 bits per heavy atom. The number of nitrogens with one attached hydrogen (secondary N) is 1. The largest absolute Gasteiger partial charge is 0.312 e. The SMILES string of the molecule is CC(=O)c1cccc(S(=O)(=O)N2CCC(c3nnc4n3CCNC4)CC2)c1.Cl. The Balaban J connectivity index is 0.00000225. The number of sulfonamides is 1. The summed E-state index contributed by atoms with van der Waals surface area (Å²) >= 11 is 0. The number of hydrogen-bond donors (Lipinski definition) is 1. The van der Waals surface area contributed by atoms with Crippen LogP contribution in [0.5, 0.6) is 0 Å². The van der Waals surface area contributed by atoms with Crippen LogP contribution in [0.25, 0.3) is 0 Å². The van der Waals surface area contributed by atoms with Crippen molar-refractivity contribution >= 4 is 28.2 Å². The number of Topliss-reactive ketones (excluding diaryl/α,β-unsaturated/α-hetero) is 1. The number of carbonyl (C=O) groups is 1. The maximum absolute atomic E-state index is 13.0. The minimum atomic E-state index is -3.60. The third-order valence-corrected chi connectivity index (χ3v) is 7.24. The zero-order valence-corrected chi connectivity index (χ0v) is 17.3. The van der Waals surface area contributed by atoms with Crippen LogP contribution in [0.15, 0.2) is 29.2 Å². The van der Waals surface area contributed by atoms with E-state index in [9.17, 15) is 13.2 Å². The summed E-state index contributed by atoms with van der Waals surface area (Å²) in [6.45, 7) is 4.81. The van der Waals surface area contributed by atoms with Gasteiger partial charge in [-0.25, -0.2) is 8.42 Å². The Morgan fingerprint density at radius 2 is 1.93 bits per heavy atom. The topological polar surface area (TPSA) is 97.2 Å². The second-order valence-corrected chi connectivity index (χ2v) is 9.00. The molecular formula is C18H24ClN5O3S. The molecule has 1 aromatic heterocycles. The van der Waals surface area contributed by atoms with Crippen molar-refractivity contribution in [2.24, 2.45) is 0 Å². The molecule has 152 valence electrons. The lowest BCUT2D eigenvalue weighted by Gasteiger charge is -2.31. The Hall–Kier alpha value is -1.81. The van der Waals surface area contributed by atoms with Crippen molar-refractivity contribution in [3.63, 3.8) is 0 Å². The number of piperidine rings is 1. The van der Waals surface area contributed by atoms with Crippen LogP contribution in [0.3, 0.4) is 0 Å². The van der Waals surface area contributed by atoms with E-state index in [-0.39, 0.29) is 29.0 Å². The number of halogens is 1. The van der Waals surface area contributed by atoms with E-state index in [1.807, 2.05) is 0 Å². The first-order valence-corrected chi connectivity index (χ1v) is 10.6. The van der Waals surface area contributed by atoms with E-state index in [0.29, 0.717) is 18.7 Å². The zero-order valence-electron chi connectivity index (χ0n) is 15.7. The normalized spacial score (nSPS) is 18.3. The first-order valence-electron chi connectivity index (χ1n) is 9.20. The Kier molecular flexibility index (Phi) is 6.18. The Labute approximate surface area is 170 Å². The molecule has 0 amide bonds. The Bertz CT molecular complexity index is 967. The highest BCUT2D eigenvalue weighted by Crippen LogP contribution is 2.30. The van der Waals surface area contributed by atoms with Gasteiger partial charge in [-0.2, -0.15) is 4.31 Å². The molecule has 2 aromatic rings. The number of rotatable bonds is 4. The number of aromatic nitrogens is 3. The fourth-order valence-corrected chi connectivity index (χ4v) is 5.31. The molecule has 0 radical (unpaired) electrons. The van der Waals surface area contributed by atoms with Crippen molar-refractivity contribution in [3.8, 4) is 0 Å². The van der Waals surface area contributed by atoms with E-state index in [1.54, 1.807) is 18.2 Å². The van der Waals surface area contributed by atoms with Crippen molar-refractivity contribution in [2.75, 3.05) is 19.6 Å². The van der Waals surface area contributed by atoms with E-state index < -0.39 is 10.0 Å². The predicted octanol–water partition coefficient (Wildman–Crippen LogP) is 1.57. The molecule has 1 N–H and O–H groups in total. The van der Waals surface area contributed by atoms with Crippen LogP contribution < -0.4 is 5.32 Å². The van der Waals surface area contributed by atoms with Crippen LogP contribution in [0, 0.1) is 0 Å². The van der Waals surface area contributed by atoms with Gasteiger partial charge in [0.1, 0.15) is 11.6 Å². The van der Waals surface area contributed by atoms with E-state index in [4.69, 9.17) is 0 Å². The average Bonchev–Trinajstić information content (AvgIpc) is 3.12. The van der Waals surface area contributed by atoms with Gasteiger partial charge in [-0.15, -0.1) is 22.6 Å². The molecule has 8 nitrogen and oxygen atoms in total. The molecule has 1 saturated heterocycles. The lowest BCUT2D eigenvalue weighted by Crippen LogP contribution is -2.39. The van der Waals surface area contributed by atoms with E-state index in [2.05, 4.69) is 20.1 Å². The molecule has 0 unspecified atom stereocenters. The fourth-order valence-electron chi connectivity index (χ4n) is 3.80. The van der Waals surface area contributed by atoms with Crippen molar-refractivity contribution in [3.05, 3.63) is 41.5 Å². The van der Waals surface area contributed by atoms with Crippen molar-refractivity contribution in [2.45, 2.75) is 43.7 Å². The highest BCUT2D eigenvalue weighted by Gasteiger charge is 2.32. The number of carbonyl (C=O) groups excluding carboxylic acids is 1. The molecule has 0 bridgehead atoms. The van der Waals surface area contributed by atoms with Gasteiger partial charge < -0.3 is 9.88 Å². The molecule has 1 fully saturated rings. The second kappa shape index (κ2) is 8.28. The molecule has 10 heteroatoms. The number of fused-ring (bicyclic) bond motifs is 1. The molecule has 2 aliphatic rings. The maximum Gasteiger partial charge on any atom is 0.243 e. The lowest BCUT2D eigenvalue weighted by atomic mass is 9.97.